The van der Waals surface area contributed by atoms with Gasteiger partial charge >= 0.3 is 0 Å². The smallest absolute Gasteiger partial charge is 0.0589 e. The van der Waals surface area contributed by atoms with Gasteiger partial charge < -0.3 is 0 Å². The number of nitrogens with zero attached hydrogens (tertiary/aromatic N) is 1. The van der Waals surface area contributed by atoms with E-state index < -0.39 is 0 Å². The average molecular weight is 174 g/mol. The largest absolute Gasteiger partial charge is 0.259 e. The van der Waals surface area contributed by atoms with Gasteiger partial charge in [0.25, 0.3) is 0 Å². The minimum atomic E-state index is 0.178. The normalized spacial score (nSPS) is 13.1. The second-order valence-electron chi connectivity index (χ2n) is 2.08. The van der Waals surface area contributed by atoms with Crippen molar-refractivity contribution in [2.45, 2.75) is 12.2 Å². The third-order valence-corrected chi connectivity index (χ3v) is 1.67. The maximum atomic E-state index is 5.63. The van der Waals surface area contributed by atoms with Crippen molar-refractivity contribution >= 4 is 24.2 Å². The monoisotopic (exact) mass is 173 g/mol. The molecule has 0 saturated carbocycles. The molecule has 1 aromatic rings. The highest BCUT2D eigenvalue weighted by Crippen LogP contribution is 2.17. The molecule has 1 aromatic heterocycles. The Morgan fingerprint density at radius 2 is 2.30 bits per heavy atom. The summed E-state index contributed by atoms with van der Waals surface area (Å²) in [6, 6.07) is 3.69. The van der Waals surface area contributed by atoms with Crippen molar-refractivity contribution in [2.24, 2.45) is 0 Å². The maximum Gasteiger partial charge on any atom is 0.0589 e. The SMILES string of the molecule is C[C@@H](S)c1ccc(Cl)cn1. The number of halogens is 1. The van der Waals surface area contributed by atoms with Crippen LogP contribution in [-0.2, 0) is 0 Å². The highest BCUT2D eigenvalue weighted by molar-refractivity contribution is 7.80. The lowest BCUT2D eigenvalue weighted by molar-refractivity contribution is 1.02. The fraction of sp³-hybridized carbons (Fsp3) is 0.286. The topological polar surface area (TPSA) is 12.9 Å². The number of thiol groups is 1. The number of hydrogen-bond acceptors (Lipinski definition) is 2. The molecule has 54 valence electrons. The van der Waals surface area contributed by atoms with Crippen LogP contribution in [-0.4, -0.2) is 4.98 Å². The molecule has 0 unspecified atom stereocenters. The molecule has 1 atom stereocenters. The van der Waals surface area contributed by atoms with Gasteiger partial charge in [0.15, 0.2) is 0 Å². The average Bonchev–Trinajstić information content (AvgIpc) is 1.88. The van der Waals surface area contributed by atoms with Gasteiger partial charge in [-0.25, -0.2) is 0 Å². The van der Waals surface area contributed by atoms with E-state index in [1.54, 1.807) is 6.20 Å². The van der Waals surface area contributed by atoms with Gasteiger partial charge in [-0.3, -0.25) is 4.98 Å². The molecule has 0 radical (unpaired) electrons. The van der Waals surface area contributed by atoms with Crippen LogP contribution in [0.2, 0.25) is 5.02 Å². The minimum absolute atomic E-state index is 0.178. The molecule has 0 amide bonds. The highest BCUT2D eigenvalue weighted by Gasteiger charge is 1.98. The number of hydrogen-bond donors (Lipinski definition) is 1. The zero-order valence-corrected chi connectivity index (χ0v) is 7.23. The van der Waals surface area contributed by atoms with Crippen molar-refractivity contribution in [3.05, 3.63) is 29.0 Å². The number of rotatable bonds is 1. The van der Waals surface area contributed by atoms with Crippen LogP contribution in [0.15, 0.2) is 18.3 Å². The van der Waals surface area contributed by atoms with E-state index in [0.717, 1.165) is 5.69 Å². The van der Waals surface area contributed by atoms with Gasteiger partial charge in [0.1, 0.15) is 0 Å². The van der Waals surface area contributed by atoms with Gasteiger partial charge in [-0.1, -0.05) is 11.6 Å². The molecule has 0 spiro atoms. The Morgan fingerprint density at radius 1 is 1.60 bits per heavy atom. The van der Waals surface area contributed by atoms with E-state index in [4.69, 9.17) is 11.6 Å². The Labute approximate surface area is 70.8 Å². The van der Waals surface area contributed by atoms with Crippen LogP contribution in [0.1, 0.15) is 17.9 Å². The van der Waals surface area contributed by atoms with E-state index in [0.29, 0.717) is 5.02 Å². The summed E-state index contributed by atoms with van der Waals surface area (Å²) in [7, 11) is 0. The molecule has 0 bridgehead atoms. The summed E-state index contributed by atoms with van der Waals surface area (Å²) in [5, 5.41) is 0.843. The quantitative estimate of drug-likeness (QED) is 0.645. The Morgan fingerprint density at radius 3 is 2.70 bits per heavy atom. The summed E-state index contributed by atoms with van der Waals surface area (Å²) in [6.45, 7) is 1.97. The van der Waals surface area contributed by atoms with E-state index in [9.17, 15) is 0 Å². The molecule has 1 heterocycles. The Bertz CT molecular complexity index is 207. The second-order valence-corrected chi connectivity index (χ2v) is 3.29. The lowest BCUT2D eigenvalue weighted by Crippen LogP contribution is -1.87. The van der Waals surface area contributed by atoms with Crippen molar-refractivity contribution < 1.29 is 0 Å². The van der Waals surface area contributed by atoms with Crippen LogP contribution < -0.4 is 0 Å². The van der Waals surface area contributed by atoms with Gasteiger partial charge in [-0.15, -0.1) is 0 Å². The molecule has 3 heteroatoms. The van der Waals surface area contributed by atoms with Gasteiger partial charge in [0, 0.05) is 11.4 Å². The van der Waals surface area contributed by atoms with Gasteiger partial charge in [-0.2, -0.15) is 12.6 Å². The van der Waals surface area contributed by atoms with E-state index >= 15 is 0 Å². The molecule has 0 saturated heterocycles. The van der Waals surface area contributed by atoms with Crippen molar-refractivity contribution in [3.63, 3.8) is 0 Å². The van der Waals surface area contributed by atoms with Crippen LogP contribution in [0.4, 0.5) is 0 Å². The molecular formula is C7H8ClNS. The van der Waals surface area contributed by atoms with Crippen LogP contribution in [0.5, 0.6) is 0 Å². The summed E-state index contributed by atoms with van der Waals surface area (Å²) in [4.78, 5) is 4.07. The summed E-state index contributed by atoms with van der Waals surface area (Å²) in [5.41, 5.74) is 0.952. The predicted molar refractivity (Wildman–Crippen MR) is 46.6 cm³/mol. The fourth-order valence-electron chi connectivity index (χ4n) is 0.634. The maximum absolute atomic E-state index is 5.63. The van der Waals surface area contributed by atoms with Crippen molar-refractivity contribution in [2.75, 3.05) is 0 Å². The van der Waals surface area contributed by atoms with E-state index in [-0.39, 0.29) is 5.25 Å². The predicted octanol–water partition coefficient (Wildman–Crippen LogP) is 2.73. The zero-order chi connectivity index (χ0) is 7.56. The minimum Gasteiger partial charge on any atom is -0.259 e. The van der Waals surface area contributed by atoms with Crippen molar-refractivity contribution in [1.82, 2.24) is 4.98 Å². The Hall–Kier alpha value is -0.210. The van der Waals surface area contributed by atoms with Crippen molar-refractivity contribution in [3.8, 4) is 0 Å². The summed E-state index contributed by atoms with van der Waals surface area (Å²) >= 11 is 9.85. The van der Waals surface area contributed by atoms with Crippen LogP contribution in [0.25, 0.3) is 0 Å². The lowest BCUT2D eigenvalue weighted by Gasteiger charge is -2.00. The molecule has 0 N–H and O–H groups in total. The molecule has 0 aromatic carbocycles. The lowest BCUT2D eigenvalue weighted by atomic mass is 10.3. The summed E-state index contributed by atoms with van der Waals surface area (Å²) < 4.78 is 0. The first kappa shape index (κ1) is 7.89. The molecule has 1 rings (SSSR count). The molecular weight excluding hydrogens is 166 g/mol. The van der Waals surface area contributed by atoms with E-state index in [1.807, 2.05) is 19.1 Å². The molecule has 1 nitrogen and oxygen atoms in total. The van der Waals surface area contributed by atoms with Gasteiger partial charge in [0.2, 0.25) is 0 Å². The summed E-state index contributed by atoms with van der Waals surface area (Å²) in [6.07, 6.45) is 1.63. The fourth-order valence-corrected chi connectivity index (χ4v) is 0.899. The number of pyridine rings is 1. The molecule has 0 aliphatic carbocycles. The highest BCUT2D eigenvalue weighted by atomic mass is 35.5. The number of aromatic nitrogens is 1. The molecule has 0 aliphatic heterocycles. The Kier molecular flexibility index (Phi) is 2.57. The first-order valence-electron chi connectivity index (χ1n) is 2.99. The third-order valence-electron chi connectivity index (χ3n) is 1.18. The van der Waals surface area contributed by atoms with Gasteiger partial charge in [0.05, 0.1) is 10.7 Å². The second kappa shape index (κ2) is 3.26. The molecule has 10 heavy (non-hydrogen) atoms. The van der Waals surface area contributed by atoms with Crippen LogP contribution >= 0.6 is 24.2 Å². The summed E-state index contributed by atoms with van der Waals surface area (Å²) in [5.74, 6) is 0. The van der Waals surface area contributed by atoms with Gasteiger partial charge in [-0.05, 0) is 19.1 Å². The van der Waals surface area contributed by atoms with E-state index in [2.05, 4.69) is 17.6 Å². The third kappa shape index (κ3) is 1.89. The first-order chi connectivity index (χ1) is 4.70. The van der Waals surface area contributed by atoms with Crippen LogP contribution in [0, 0.1) is 0 Å². The Balaban J connectivity index is 2.89. The standard InChI is InChI=1S/C7H8ClNS/c1-5(10)7-3-2-6(8)4-9-7/h2-5,10H,1H3/t5-/m1/s1. The molecule has 0 aliphatic rings. The van der Waals surface area contributed by atoms with E-state index in [1.165, 1.54) is 0 Å². The van der Waals surface area contributed by atoms with Crippen LogP contribution in [0.3, 0.4) is 0 Å². The molecule has 0 fully saturated rings. The zero-order valence-electron chi connectivity index (χ0n) is 5.58. The van der Waals surface area contributed by atoms with Crippen molar-refractivity contribution in [1.29, 1.82) is 0 Å². The first-order valence-corrected chi connectivity index (χ1v) is 3.89.